The van der Waals surface area contributed by atoms with E-state index in [2.05, 4.69) is 21.4 Å². The summed E-state index contributed by atoms with van der Waals surface area (Å²) in [5.41, 5.74) is 1.99. The van der Waals surface area contributed by atoms with Crippen LogP contribution in [-0.2, 0) is 11.4 Å². The highest BCUT2D eigenvalue weighted by atomic mass is 19.1. The Balaban J connectivity index is 1.40. The van der Waals surface area contributed by atoms with Crippen LogP contribution in [0.5, 0.6) is 17.2 Å². The van der Waals surface area contributed by atoms with Crippen molar-refractivity contribution >= 4 is 11.6 Å². The van der Waals surface area contributed by atoms with Gasteiger partial charge < -0.3 is 24.4 Å². The summed E-state index contributed by atoms with van der Waals surface area (Å²) >= 11 is 0. The van der Waals surface area contributed by atoms with Gasteiger partial charge in [0.1, 0.15) is 18.2 Å². The Labute approximate surface area is 209 Å². The number of aromatic nitrogens is 2. The molecule has 3 aromatic rings. The van der Waals surface area contributed by atoms with E-state index >= 15 is 0 Å². The average molecular weight is 501 g/mol. The molecule has 1 aliphatic heterocycles. The normalized spacial score (nSPS) is 14.5. The zero-order valence-corrected chi connectivity index (χ0v) is 20.8. The van der Waals surface area contributed by atoms with Crippen LogP contribution in [-0.4, -0.2) is 49.5 Å². The van der Waals surface area contributed by atoms with Crippen molar-refractivity contribution in [2.45, 2.75) is 32.3 Å². The van der Waals surface area contributed by atoms with Gasteiger partial charge in [0.2, 0.25) is 5.95 Å². The Morgan fingerprint density at radius 1 is 0.972 bits per heavy atom. The van der Waals surface area contributed by atoms with Crippen molar-refractivity contribution in [1.29, 1.82) is 0 Å². The predicted octanol–water partition coefficient (Wildman–Crippen LogP) is 5.14. The first-order valence-corrected chi connectivity index (χ1v) is 11.6. The molecular weight excluding hydrogens is 470 g/mol. The minimum atomic E-state index is -0.790. The molecule has 0 radical (unpaired) electrons. The van der Waals surface area contributed by atoms with E-state index in [1.54, 1.807) is 14.2 Å². The van der Waals surface area contributed by atoms with E-state index in [9.17, 15) is 8.78 Å². The number of nitrogens with zero attached hydrogens (tertiary/aromatic N) is 3. The lowest BCUT2D eigenvalue weighted by atomic mass is 9.89. The molecule has 0 aliphatic carbocycles. The van der Waals surface area contributed by atoms with Crippen LogP contribution in [0.4, 0.5) is 20.4 Å². The molecule has 0 amide bonds. The maximum absolute atomic E-state index is 14.5. The molecule has 36 heavy (non-hydrogen) atoms. The first-order chi connectivity index (χ1) is 17.4. The Kier molecular flexibility index (Phi) is 8.17. The molecule has 1 aromatic heterocycles. The molecule has 1 saturated heterocycles. The molecule has 0 saturated carbocycles. The molecule has 2 heterocycles. The van der Waals surface area contributed by atoms with Gasteiger partial charge in [-0.15, -0.1) is 0 Å². The summed E-state index contributed by atoms with van der Waals surface area (Å²) in [4.78, 5) is 13.8. The number of hydroxylamine groups is 2. The van der Waals surface area contributed by atoms with Crippen molar-refractivity contribution in [2.75, 3.05) is 39.7 Å². The third-order valence-corrected chi connectivity index (χ3v) is 6.31. The fourth-order valence-electron chi connectivity index (χ4n) is 4.30. The van der Waals surface area contributed by atoms with Crippen LogP contribution in [0.25, 0.3) is 0 Å². The number of methoxy groups -OCH3 is 2. The van der Waals surface area contributed by atoms with Crippen molar-refractivity contribution in [3.63, 3.8) is 0 Å². The maximum Gasteiger partial charge on any atom is 0.227 e. The van der Waals surface area contributed by atoms with Crippen LogP contribution in [0.1, 0.15) is 35.4 Å². The molecule has 1 N–H and O–H groups in total. The zero-order chi connectivity index (χ0) is 25.7. The second-order valence-corrected chi connectivity index (χ2v) is 8.50. The van der Waals surface area contributed by atoms with E-state index in [0.29, 0.717) is 11.9 Å². The molecule has 10 heteroatoms. The van der Waals surface area contributed by atoms with Crippen molar-refractivity contribution in [2.24, 2.45) is 0 Å². The summed E-state index contributed by atoms with van der Waals surface area (Å²) < 4.78 is 45.0. The number of hydrogen-bond donors (Lipinski definition) is 1. The van der Waals surface area contributed by atoms with Crippen molar-refractivity contribution < 1.29 is 27.8 Å². The van der Waals surface area contributed by atoms with Crippen molar-refractivity contribution in [3.05, 3.63) is 65.0 Å². The van der Waals surface area contributed by atoms with Gasteiger partial charge in [0.25, 0.3) is 0 Å². The van der Waals surface area contributed by atoms with Gasteiger partial charge in [-0.25, -0.2) is 18.7 Å². The van der Waals surface area contributed by atoms with E-state index in [-0.39, 0.29) is 29.2 Å². The number of rotatable bonds is 9. The van der Waals surface area contributed by atoms with E-state index in [0.717, 1.165) is 42.9 Å². The molecular formula is C26H30F2N4O4. The average Bonchev–Trinajstić information content (AvgIpc) is 2.91. The number of hydrogen-bond acceptors (Lipinski definition) is 8. The van der Waals surface area contributed by atoms with Crippen molar-refractivity contribution in [1.82, 2.24) is 15.0 Å². The van der Waals surface area contributed by atoms with Crippen LogP contribution >= 0.6 is 0 Å². The summed E-state index contributed by atoms with van der Waals surface area (Å²) in [6.45, 7) is 2.97. The first kappa shape index (κ1) is 25.6. The Bertz CT molecular complexity index is 1190. The van der Waals surface area contributed by atoms with Gasteiger partial charge in [0, 0.05) is 24.8 Å². The predicted molar refractivity (Wildman–Crippen MR) is 131 cm³/mol. The van der Waals surface area contributed by atoms with E-state index in [4.69, 9.17) is 19.0 Å². The van der Waals surface area contributed by atoms with Crippen LogP contribution < -0.4 is 19.5 Å². The zero-order valence-electron chi connectivity index (χ0n) is 20.8. The third-order valence-electron chi connectivity index (χ3n) is 6.31. The fraction of sp³-hybridized carbons (Fsp3) is 0.385. The number of nitrogens with one attached hydrogen (secondary N) is 1. The van der Waals surface area contributed by atoms with Gasteiger partial charge in [-0.1, -0.05) is 6.07 Å². The quantitative estimate of drug-likeness (QED) is 0.433. The molecule has 1 fully saturated rings. The number of piperidine rings is 1. The second kappa shape index (κ2) is 11.5. The highest BCUT2D eigenvalue weighted by molar-refractivity contribution is 5.58. The van der Waals surface area contributed by atoms with Crippen molar-refractivity contribution in [3.8, 4) is 17.2 Å². The number of benzene rings is 2. The summed E-state index contributed by atoms with van der Waals surface area (Å²) in [6, 6.07) is 7.25. The van der Waals surface area contributed by atoms with E-state index in [1.165, 1.54) is 32.5 Å². The van der Waals surface area contributed by atoms with Gasteiger partial charge in [-0.2, -0.15) is 5.06 Å². The Morgan fingerprint density at radius 3 is 2.31 bits per heavy atom. The molecule has 0 spiro atoms. The lowest BCUT2D eigenvalue weighted by Crippen LogP contribution is -2.32. The fourth-order valence-corrected chi connectivity index (χ4v) is 4.30. The monoisotopic (exact) mass is 500 g/mol. The number of aryl methyl sites for hydroxylation is 1. The largest absolute Gasteiger partial charge is 0.496 e. The highest BCUT2D eigenvalue weighted by Gasteiger charge is 2.23. The van der Waals surface area contributed by atoms with Crippen LogP contribution in [0.15, 0.2) is 36.7 Å². The lowest BCUT2D eigenvalue weighted by molar-refractivity contribution is -0.143. The molecule has 8 nitrogen and oxygen atoms in total. The second-order valence-electron chi connectivity index (χ2n) is 8.50. The molecule has 0 bridgehead atoms. The topological polar surface area (TPSA) is 78.0 Å². The summed E-state index contributed by atoms with van der Waals surface area (Å²) in [5, 5.41) is 5.11. The van der Waals surface area contributed by atoms with E-state index < -0.39 is 11.6 Å². The maximum atomic E-state index is 14.5. The summed E-state index contributed by atoms with van der Waals surface area (Å²) in [7, 11) is 4.68. The molecule has 4 rings (SSSR count). The number of halogens is 2. The number of anilines is 2. The van der Waals surface area contributed by atoms with Gasteiger partial charge in [0.15, 0.2) is 17.3 Å². The molecule has 2 aromatic carbocycles. The van der Waals surface area contributed by atoms with Crippen LogP contribution in [0.2, 0.25) is 0 Å². The van der Waals surface area contributed by atoms with E-state index in [1.807, 2.05) is 17.2 Å². The molecule has 0 atom stereocenters. The SMILES string of the molecule is COc1cc(Nc2ncc(OCc3c(F)c(C)cc(OC)c3F)cn2)ccc1C1CCN(OC)CC1. The molecule has 192 valence electrons. The van der Waals surface area contributed by atoms with Gasteiger partial charge in [-0.05, 0) is 48.9 Å². The lowest BCUT2D eigenvalue weighted by Gasteiger charge is -2.31. The van der Waals surface area contributed by atoms with Crippen LogP contribution in [0.3, 0.4) is 0 Å². The Morgan fingerprint density at radius 2 is 1.67 bits per heavy atom. The van der Waals surface area contributed by atoms with Gasteiger partial charge >= 0.3 is 0 Å². The standard InChI is InChI=1S/C26H30F2N4O4/c1-16-11-23(34-3)25(28)21(24(16)27)15-36-19-13-29-26(30-14-19)31-18-5-6-20(22(12-18)33-2)17-7-9-32(35-4)10-8-17/h5-6,11-14,17H,7-10,15H2,1-4H3,(H,29,30,31). The molecule has 1 aliphatic rings. The number of ether oxygens (including phenoxy) is 3. The first-order valence-electron chi connectivity index (χ1n) is 11.6. The smallest absolute Gasteiger partial charge is 0.227 e. The summed E-state index contributed by atoms with van der Waals surface area (Å²) in [6.07, 6.45) is 4.86. The molecule has 0 unspecified atom stereocenters. The Hall–Kier alpha value is -3.50. The van der Waals surface area contributed by atoms with Gasteiger partial charge in [0.05, 0.1) is 39.3 Å². The highest BCUT2D eigenvalue weighted by Crippen LogP contribution is 2.36. The minimum absolute atomic E-state index is 0.0369. The van der Waals surface area contributed by atoms with Gasteiger partial charge in [-0.3, -0.25) is 0 Å². The minimum Gasteiger partial charge on any atom is -0.496 e. The van der Waals surface area contributed by atoms with Crippen LogP contribution in [0, 0.1) is 18.6 Å². The summed E-state index contributed by atoms with van der Waals surface area (Å²) in [5.74, 6) is 0.320. The third kappa shape index (κ3) is 5.66.